The SMILES string of the molecule is CCNC(C)C1CCN(C(C)(C)C)C1. The van der Waals surface area contributed by atoms with Crippen molar-refractivity contribution in [2.75, 3.05) is 19.6 Å². The maximum absolute atomic E-state index is 3.53. The number of likely N-dealkylation sites (tertiary alicyclic amines) is 1. The summed E-state index contributed by atoms with van der Waals surface area (Å²) in [5, 5.41) is 3.53. The quantitative estimate of drug-likeness (QED) is 0.747. The Morgan fingerprint density at radius 1 is 1.43 bits per heavy atom. The van der Waals surface area contributed by atoms with Crippen LogP contribution >= 0.6 is 0 Å². The Kier molecular flexibility index (Phi) is 3.96. The van der Waals surface area contributed by atoms with Crippen LogP contribution in [-0.4, -0.2) is 36.1 Å². The highest BCUT2D eigenvalue weighted by atomic mass is 15.2. The van der Waals surface area contributed by atoms with Crippen LogP contribution in [0.15, 0.2) is 0 Å². The van der Waals surface area contributed by atoms with Crippen molar-refractivity contribution in [3.63, 3.8) is 0 Å². The van der Waals surface area contributed by atoms with E-state index < -0.39 is 0 Å². The minimum absolute atomic E-state index is 0.348. The minimum Gasteiger partial charge on any atom is -0.314 e. The van der Waals surface area contributed by atoms with Crippen LogP contribution in [0.4, 0.5) is 0 Å². The smallest absolute Gasteiger partial charge is 0.0125 e. The molecule has 1 heterocycles. The second-order valence-corrected chi connectivity index (χ2v) is 5.51. The molecule has 1 rings (SSSR count). The molecule has 1 aliphatic rings. The number of hydrogen-bond donors (Lipinski definition) is 1. The highest BCUT2D eigenvalue weighted by Gasteiger charge is 2.32. The normalized spacial score (nSPS) is 26.8. The standard InChI is InChI=1S/C12H26N2/c1-6-13-10(2)11-7-8-14(9-11)12(3,4)5/h10-11,13H,6-9H2,1-5H3. The van der Waals surface area contributed by atoms with Gasteiger partial charge in [0.25, 0.3) is 0 Å². The van der Waals surface area contributed by atoms with Gasteiger partial charge in [0, 0.05) is 18.1 Å². The van der Waals surface area contributed by atoms with Gasteiger partial charge in [-0.2, -0.15) is 0 Å². The fraction of sp³-hybridized carbons (Fsp3) is 1.00. The van der Waals surface area contributed by atoms with Crippen LogP contribution < -0.4 is 5.32 Å². The number of nitrogens with zero attached hydrogens (tertiary/aromatic N) is 1. The molecule has 0 aromatic carbocycles. The summed E-state index contributed by atoms with van der Waals surface area (Å²) in [5.74, 6) is 0.842. The van der Waals surface area contributed by atoms with Gasteiger partial charge in [-0.25, -0.2) is 0 Å². The van der Waals surface area contributed by atoms with E-state index in [4.69, 9.17) is 0 Å². The second kappa shape index (κ2) is 4.63. The Balaban J connectivity index is 2.41. The highest BCUT2D eigenvalue weighted by Crippen LogP contribution is 2.26. The third-order valence-electron chi connectivity index (χ3n) is 3.41. The van der Waals surface area contributed by atoms with Crippen molar-refractivity contribution in [3.8, 4) is 0 Å². The fourth-order valence-corrected chi connectivity index (χ4v) is 2.29. The summed E-state index contributed by atoms with van der Waals surface area (Å²) in [5.41, 5.74) is 0.348. The molecule has 0 radical (unpaired) electrons. The average molecular weight is 198 g/mol. The van der Waals surface area contributed by atoms with Crippen molar-refractivity contribution in [1.82, 2.24) is 10.2 Å². The van der Waals surface area contributed by atoms with E-state index in [0.29, 0.717) is 11.6 Å². The molecule has 14 heavy (non-hydrogen) atoms. The molecule has 1 aliphatic heterocycles. The van der Waals surface area contributed by atoms with Gasteiger partial charge in [-0.3, -0.25) is 4.90 Å². The molecule has 1 fully saturated rings. The van der Waals surface area contributed by atoms with E-state index in [2.05, 4.69) is 44.8 Å². The Bertz CT molecular complexity index is 172. The average Bonchev–Trinajstić information content (AvgIpc) is 2.51. The molecular weight excluding hydrogens is 172 g/mol. The third-order valence-corrected chi connectivity index (χ3v) is 3.41. The third kappa shape index (κ3) is 2.96. The van der Waals surface area contributed by atoms with Gasteiger partial charge in [-0.1, -0.05) is 6.92 Å². The van der Waals surface area contributed by atoms with Crippen molar-refractivity contribution in [2.24, 2.45) is 5.92 Å². The maximum atomic E-state index is 3.53. The van der Waals surface area contributed by atoms with Crippen molar-refractivity contribution >= 4 is 0 Å². The summed E-state index contributed by atoms with van der Waals surface area (Å²) in [7, 11) is 0. The number of hydrogen-bond acceptors (Lipinski definition) is 2. The van der Waals surface area contributed by atoms with Crippen LogP contribution in [0, 0.1) is 5.92 Å². The molecule has 0 amide bonds. The van der Waals surface area contributed by atoms with Crippen LogP contribution in [0.2, 0.25) is 0 Å². The Labute approximate surface area is 89.1 Å². The summed E-state index contributed by atoms with van der Waals surface area (Å²) in [6.45, 7) is 15.1. The molecule has 0 aromatic heterocycles. The summed E-state index contributed by atoms with van der Waals surface area (Å²) >= 11 is 0. The predicted octanol–water partition coefficient (Wildman–Crippen LogP) is 2.10. The molecule has 1 N–H and O–H groups in total. The number of nitrogens with one attached hydrogen (secondary N) is 1. The van der Waals surface area contributed by atoms with Gasteiger partial charge >= 0.3 is 0 Å². The van der Waals surface area contributed by atoms with E-state index in [0.717, 1.165) is 12.5 Å². The monoisotopic (exact) mass is 198 g/mol. The largest absolute Gasteiger partial charge is 0.314 e. The van der Waals surface area contributed by atoms with Crippen molar-refractivity contribution in [3.05, 3.63) is 0 Å². The lowest BCUT2D eigenvalue weighted by atomic mass is 10.0. The molecule has 2 nitrogen and oxygen atoms in total. The Morgan fingerprint density at radius 2 is 2.07 bits per heavy atom. The van der Waals surface area contributed by atoms with Gasteiger partial charge < -0.3 is 5.32 Å². The Morgan fingerprint density at radius 3 is 2.50 bits per heavy atom. The van der Waals surface area contributed by atoms with Gasteiger partial charge in [-0.05, 0) is 53.1 Å². The summed E-state index contributed by atoms with van der Waals surface area (Å²) in [6.07, 6.45) is 1.35. The van der Waals surface area contributed by atoms with Crippen LogP contribution in [0.5, 0.6) is 0 Å². The topological polar surface area (TPSA) is 15.3 Å². The zero-order valence-corrected chi connectivity index (χ0v) is 10.4. The summed E-state index contributed by atoms with van der Waals surface area (Å²) < 4.78 is 0. The molecule has 0 aliphatic carbocycles. The van der Waals surface area contributed by atoms with Crippen molar-refractivity contribution in [1.29, 1.82) is 0 Å². The molecule has 1 saturated heterocycles. The summed E-state index contributed by atoms with van der Waals surface area (Å²) in [4.78, 5) is 2.60. The van der Waals surface area contributed by atoms with Gasteiger partial charge in [0.05, 0.1) is 0 Å². The van der Waals surface area contributed by atoms with Crippen LogP contribution in [0.25, 0.3) is 0 Å². The lowest BCUT2D eigenvalue weighted by molar-refractivity contribution is 0.164. The first kappa shape index (κ1) is 12.0. The van der Waals surface area contributed by atoms with E-state index in [1.165, 1.54) is 19.5 Å². The molecule has 2 atom stereocenters. The van der Waals surface area contributed by atoms with Gasteiger partial charge in [0.15, 0.2) is 0 Å². The molecule has 84 valence electrons. The first-order valence-electron chi connectivity index (χ1n) is 5.93. The van der Waals surface area contributed by atoms with Gasteiger partial charge in [-0.15, -0.1) is 0 Å². The van der Waals surface area contributed by atoms with E-state index >= 15 is 0 Å². The predicted molar refractivity (Wildman–Crippen MR) is 62.6 cm³/mol. The molecular formula is C12H26N2. The van der Waals surface area contributed by atoms with Crippen molar-refractivity contribution < 1.29 is 0 Å². The minimum atomic E-state index is 0.348. The van der Waals surface area contributed by atoms with E-state index in [-0.39, 0.29) is 0 Å². The van der Waals surface area contributed by atoms with Crippen LogP contribution in [0.3, 0.4) is 0 Å². The highest BCUT2D eigenvalue weighted by molar-refractivity contribution is 4.88. The van der Waals surface area contributed by atoms with Crippen LogP contribution in [0.1, 0.15) is 41.0 Å². The van der Waals surface area contributed by atoms with Gasteiger partial charge in [0.2, 0.25) is 0 Å². The summed E-state index contributed by atoms with van der Waals surface area (Å²) in [6, 6.07) is 0.673. The molecule has 2 unspecified atom stereocenters. The first-order valence-corrected chi connectivity index (χ1v) is 5.93. The van der Waals surface area contributed by atoms with Crippen molar-refractivity contribution in [2.45, 2.75) is 52.6 Å². The van der Waals surface area contributed by atoms with Gasteiger partial charge in [0.1, 0.15) is 0 Å². The van der Waals surface area contributed by atoms with E-state index in [9.17, 15) is 0 Å². The Hall–Kier alpha value is -0.0800. The molecule has 2 heteroatoms. The lowest BCUT2D eigenvalue weighted by Crippen LogP contribution is -2.41. The molecule has 0 bridgehead atoms. The lowest BCUT2D eigenvalue weighted by Gasteiger charge is -2.32. The molecule has 0 spiro atoms. The van der Waals surface area contributed by atoms with Crippen LogP contribution in [-0.2, 0) is 0 Å². The fourth-order valence-electron chi connectivity index (χ4n) is 2.29. The molecule has 0 saturated carbocycles. The second-order valence-electron chi connectivity index (χ2n) is 5.51. The zero-order valence-electron chi connectivity index (χ0n) is 10.4. The van der Waals surface area contributed by atoms with E-state index in [1.807, 2.05) is 0 Å². The zero-order chi connectivity index (χ0) is 10.8. The number of rotatable bonds is 3. The van der Waals surface area contributed by atoms with E-state index in [1.54, 1.807) is 0 Å². The molecule has 0 aromatic rings. The first-order chi connectivity index (χ1) is 6.45. The maximum Gasteiger partial charge on any atom is 0.0125 e.